The number of fused-ring (bicyclic) bond motifs is 2. The number of amides is 3. The molecule has 1 N–H and O–H groups in total. The molecule has 3 aromatic carbocycles. The second-order valence-electron chi connectivity index (χ2n) is 16.2. The van der Waals surface area contributed by atoms with E-state index in [1.54, 1.807) is 16.9 Å². The predicted molar refractivity (Wildman–Crippen MR) is 220 cm³/mol. The summed E-state index contributed by atoms with van der Waals surface area (Å²) >= 11 is 0. The van der Waals surface area contributed by atoms with Gasteiger partial charge in [-0.05, 0) is 67.1 Å². The third-order valence-electron chi connectivity index (χ3n) is 12.7. The molecule has 0 radical (unpaired) electrons. The van der Waals surface area contributed by atoms with E-state index in [-0.39, 0.29) is 67.1 Å². The van der Waals surface area contributed by atoms with Crippen LogP contribution in [0.5, 0.6) is 5.75 Å². The second kappa shape index (κ2) is 16.6. The monoisotopic (exact) mass is 794 g/mol. The second-order valence-corrected chi connectivity index (χ2v) is 20.9. The minimum absolute atomic E-state index is 0.0661. The van der Waals surface area contributed by atoms with Crippen molar-refractivity contribution in [2.24, 2.45) is 11.0 Å². The number of esters is 1. The zero-order chi connectivity index (χ0) is 40.5. The van der Waals surface area contributed by atoms with E-state index in [2.05, 4.69) is 32.2 Å². The van der Waals surface area contributed by atoms with Crippen LogP contribution in [-0.2, 0) is 34.3 Å². The van der Waals surface area contributed by atoms with Crippen LogP contribution in [0.25, 0.3) is 0 Å². The number of rotatable bonds is 13. The van der Waals surface area contributed by atoms with Gasteiger partial charge < -0.3 is 29.1 Å². The molecule has 3 amide bonds. The molecular formula is C44H54N4O8Si. The Kier molecular flexibility index (Phi) is 11.7. The molecule has 0 bridgehead atoms. The van der Waals surface area contributed by atoms with E-state index in [0.717, 1.165) is 35.1 Å². The maximum atomic E-state index is 15.3. The lowest BCUT2D eigenvalue weighted by atomic mass is 9.82. The maximum Gasteiger partial charge on any atom is 0.305 e. The minimum Gasteiger partial charge on any atom is -0.497 e. The zero-order valence-corrected chi connectivity index (χ0v) is 34.6. The molecule has 0 aromatic heterocycles. The highest BCUT2D eigenvalue weighted by Gasteiger charge is 2.66. The molecule has 3 aromatic rings. The van der Waals surface area contributed by atoms with Crippen LogP contribution in [0.15, 0.2) is 77.9 Å². The number of unbranched alkanes of at least 4 members (excludes halogenated alkanes) is 1. The van der Waals surface area contributed by atoms with E-state index in [0.29, 0.717) is 49.3 Å². The summed E-state index contributed by atoms with van der Waals surface area (Å²) in [6.45, 7) is 7.44. The third-order valence-corrected chi connectivity index (χ3v) is 17.1. The van der Waals surface area contributed by atoms with Crippen molar-refractivity contribution < 1.29 is 38.5 Å². The van der Waals surface area contributed by atoms with Crippen molar-refractivity contribution in [3.05, 3.63) is 83.9 Å². The maximum absolute atomic E-state index is 15.3. The molecule has 7 rings (SSSR count). The fourth-order valence-corrected chi connectivity index (χ4v) is 13.7. The summed E-state index contributed by atoms with van der Waals surface area (Å²) in [4.78, 5) is 58.6. The lowest BCUT2D eigenvalue weighted by Crippen LogP contribution is -2.52. The summed E-state index contributed by atoms with van der Waals surface area (Å²) in [5, 5.41) is 17.6. The van der Waals surface area contributed by atoms with Crippen LogP contribution in [-0.4, -0.2) is 93.5 Å². The first-order valence-electron chi connectivity index (χ1n) is 20.2. The number of benzene rings is 3. The molecule has 12 nitrogen and oxygen atoms in total. The van der Waals surface area contributed by atoms with Gasteiger partial charge in [0.25, 0.3) is 5.91 Å². The number of hydrazone groups is 1. The van der Waals surface area contributed by atoms with Crippen LogP contribution in [0.1, 0.15) is 69.4 Å². The van der Waals surface area contributed by atoms with E-state index in [1.807, 2.05) is 60.7 Å². The van der Waals surface area contributed by atoms with Crippen LogP contribution in [0.3, 0.4) is 0 Å². The summed E-state index contributed by atoms with van der Waals surface area (Å²) in [6, 6.07) is 23.2. The standard InChI is InChI=1S/C44H54N4O8Si/c1-29-42(57(4,5)34-19-17-33(54-2)18-20-34)38(27-40(51)46-25-11-14-32(46)28-49)56-44(29)35-26-31(48-39(50)23-21-36(45-48)30-12-7-6-8-13-30)16-22-37(35)47(43(44)53)24-10-9-15-41(52)55-3/h6-8,12-13,16-20,22,26,29,32,38,42,49H,9-11,14-15,21,23-25,27-28H2,1-5H3/t29-,32-,38+,42-,44+/m0/s1. The molecule has 4 aliphatic heterocycles. The van der Waals surface area contributed by atoms with Gasteiger partial charge in [-0.3, -0.25) is 19.2 Å². The molecule has 302 valence electrons. The summed E-state index contributed by atoms with van der Waals surface area (Å²) in [6.07, 6.45) is 3.14. The van der Waals surface area contributed by atoms with Crippen molar-refractivity contribution in [1.29, 1.82) is 0 Å². The summed E-state index contributed by atoms with van der Waals surface area (Å²) < 4.78 is 17.6. The fraction of sp³-hybridized carbons (Fsp3) is 0.477. The molecule has 2 fully saturated rings. The number of aliphatic hydroxyl groups excluding tert-OH is 1. The number of carbonyl (C=O) groups excluding carboxylic acids is 4. The van der Waals surface area contributed by atoms with E-state index < -0.39 is 19.8 Å². The molecule has 0 unspecified atom stereocenters. The summed E-state index contributed by atoms with van der Waals surface area (Å²) in [5.41, 5.74) is 1.95. The molecule has 4 heterocycles. The number of likely N-dealkylation sites (tertiary alicyclic amines) is 1. The van der Waals surface area contributed by atoms with E-state index >= 15 is 4.79 Å². The first-order valence-corrected chi connectivity index (χ1v) is 23.2. The van der Waals surface area contributed by atoms with Crippen molar-refractivity contribution in [3.8, 4) is 5.75 Å². The Balaban J connectivity index is 1.33. The lowest BCUT2D eigenvalue weighted by Gasteiger charge is -2.37. The average molecular weight is 795 g/mol. The Labute approximate surface area is 335 Å². The van der Waals surface area contributed by atoms with Crippen LogP contribution in [0, 0.1) is 5.92 Å². The highest BCUT2D eigenvalue weighted by atomic mass is 28.3. The smallest absolute Gasteiger partial charge is 0.305 e. The van der Waals surface area contributed by atoms with E-state index in [1.165, 1.54) is 12.1 Å². The third kappa shape index (κ3) is 7.41. The Morgan fingerprint density at radius 1 is 1.00 bits per heavy atom. The number of carbonyl (C=O) groups is 4. The number of ether oxygens (including phenoxy) is 3. The predicted octanol–water partition coefficient (Wildman–Crippen LogP) is 5.51. The first-order chi connectivity index (χ1) is 27.4. The number of hydrogen-bond donors (Lipinski definition) is 1. The van der Waals surface area contributed by atoms with Crippen molar-refractivity contribution >= 4 is 54.0 Å². The van der Waals surface area contributed by atoms with Crippen LogP contribution in [0.2, 0.25) is 18.6 Å². The van der Waals surface area contributed by atoms with Crippen molar-refractivity contribution in [3.63, 3.8) is 0 Å². The fourth-order valence-electron chi connectivity index (χ4n) is 9.73. The number of methoxy groups -OCH3 is 2. The Bertz CT molecular complexity index is 2020. The molecule has 1 spiro atoms. The molecule has 57 heavy (non-hydrogen) atoms. The van der Waals surface area contributed by atoms with Gasteiger partial charge in [0.2, 0.25) is 11.8 Å². The Morgan fingerprint density at radius 2 is 1.75 bits per heavy atom. The number of aliphatic hydroxyl groups is 1. The Morgan fingerprint density at radius 3 is 2.46 bits per heavy atom. The largest absolute Gasteiger partial charge is 0.497 e. The molecular weight excluding hydrogens is 741 g/mol. The van der Waals surface area contributed by atoms with Gasteiger partial charge in [-0.15, -0.1) is 0 Å². The number of anilines is 2. The highest BCUT2D eigenvalue weighted by molar-refractivity contribution is 6.91. The quantitative estimate of drug-likeness (QED) is 0.136. The van der Waals surface area contributed by atoms with Gasteiger partial charge in [0.15, 0.2) is 5.60 Å². The molecule has 5 atom stereocenters. The van der Waals surface area contributed by atoms with Gasteiger partial charge >= 0.3 is 5.97 Å². The number of hydrogen-bond acceptors (Lipinski definition) is 9. The number of nitrogens with zero attached hydrogens (tertiary/aromatic N) is 4. The van der Waals surface area contributed by atoms with E-state index in [4.69, 9.17) is 19.3 Å². The molecule has 13 heteroatoms. The SMILES string of the molecule is COC(=O)CCCCN1C(=O)[C@]2(O[C@H](CC(=O)N3CCC[C@H]3CO)[C@@H]([Si](C)(C)c3ccc(OC)cc3)[C@@H]2C)c2cc(N3N=C(c4ccccc4)CCC3=O)ccc21. The Hall–Kier alpha value is -4.85. The summed E-state index contributed by atoms with van der Waals surface area (Å²) in [7, 11) is 0.435. The minimum atomic E-state index is -2.57. The van der Waals surface area contributed by atoms with Gasteiger partial charge in [-0.1, -0.05) is 67.7 Å². The van der Waals surface area contributed by atoms with Crippen LogP contribution >= 0.6 is 0 Å². The molecule has 4 aliphatic rings. The van der Waals surface area contributed by atoms with Gasteiger partial charge in [0.05, 0.1) is 64.6 Å². The van der Waals surface area contributed by atoms with Gasteiger partial charge in [-0.2, -0.15) is 5.10 Å². The topological polar surface area (TPSA) is 138 Å². The molecule has 2 saturated heterocycles. The van der Waals surface area contributed by atoms with Gasteiger partial charge in [0.1, 0.15) is 5.75 Å². The van der Waals surface area contributed by atoms with Crippen LogP contribution in [0.4, 0.5) is 11.4 Å². The first kappa shape index (κ1) is 40.3. The van der Waals surface area contributed by atoms with Crippen molar-refractivity contribution in [2.45, 2.75) is 94.7 Å². The van der Waals surface area contributed by atoms with Crippen molar-refractivity contribution in [1.82, 2.24) is 4.90 Å². The molecule has 0 aliphatic carbocycles. The average Bonchev–Trinajstić information content (AvgIpc) is 3.89. The zero-order valence-electron chi connectivity index (χ0n) is 33.6. The summed E-state index contributed by atoms with van der Waals surface area (Å²) in [5.74, 6) is -0.397. The van der Waals surface area contributed by atoms with Crippen LogP contribution < -0.4 is 19.8 Å². The lowest BCUT2D eigenvalue weighted by molar-refractivity contribution is -0.150. The van der Waals surface area contributed by atoms with Gasteiger partial charge in [0, 0.05) is 43.8 Å². The van der Waals surface area contributed by atoms with Crippen molar-refractivity contribution in [2.75, 3.05) is 43.8 Å². The highest BCUT2D eigenvalue weighted by Crippen LogP contribution is 2.60. The van der Waals surface area contributed by atoms with Gasteiger partial charge in [-0.25, -0.2) is 5.01 Å². The molecule has 0 saturated carbocycles. The van der Waals surface area contributed by atoms with E-state index in [9.17, 15) is 19.5 Å². The normalized spacial score (nSPS) is 24.6.